The van der Waals surface area contributed by atoms with Crippen molar-refractivity contribution in [2.45, 2.75) is 18.9 Å². The molecule has 1 atom stereocenters. The molecule has 1 N–H and O–H groups in total. The molecule has 3 amide bonds. The van der Waals surface area contributed by atoms with Crippen molar-refractivity contribution in [3.63, 3.8) is 0 Å². The van der Waals surface area contributed by atoms with Crippen LogP contribution in [0, 0.1) is 11.6 Å². The number of nitrogens with one attached hydrogen (secondary N) is 1. The summed E-state index contributed by atoms with van der Waals surface area (Å²) in [5.41, 5.74) is 1.20. The first kappa shape index (κ1) is 29.4. The number of esters is 1. The molecule has 2 saturated heterocycles. The van der Waals surface area contributed by atoms with Gasteiger partial charge in [0, 0.05) is 32.6 Å². The normalized spacial score (nSPS) is 16.7. The number of benzene rings is 2. The van der Waals surface area contributed by atoms with Gasteiger partial charge in [0.1, 0.15) is 17.7 Å². The van der Waals surface area contributed by atoms with Gasteiger partial charge in [0.2, 0.25) is 5.91 Å². The first-order valence-electron chi connectivity index (χ1n) is 13.6. The highest BCUT2D eigenvalue weighted by Gasteiger charge is 2.33. The molecule has 3 heterocycles. The minimum atomic E-state index is -0.612. The van der Waals surface area contributed by atoms with Crippen LogP contribution in [0.15, 0.2) is 48.7 Å². The second-order valence-corrected chi connectivity index (χ2v) is 9.94. The van der Waals surface area contributed by atoms with Crippen LogP contribution in [0.25, 0.3) is 5.69 Å². The molecule has 2 aliphatic heterocycles. The lowest BCUT2D eigenvalue weighted by Gasteiger charge is -2.36. The molecule has 0 unspecified atom stereocenters. The van der Waals surface area contributed by atoms with Crippen molar-refractivity contribution >= 4 is 35.3 Å². The van der Waals surface area contributed by atoms with Crippen molar-refractivity contribution in [3.8, 4) is 5.69 Å². The van der Waals surface area contributed by atoms with Crippen molar-refractivity contribution in [1.29, 1.82) is 0 Å². The average Bonchev–Trinajstić information content (AvgIpc) is 3.66. The summed E-state index contributed by atoms with van der Waals surface area (Å²) in [6, 6.07) is 9.97. The number of carbonyl (C=O) groups is 4. The van der Waals surface area contributed by atoms with Crippen LogP contribution in [0.2, 0.25) is 0 Å². The van der Waals surface area contributed by atoms with Crippen LogP contribution in [-0.4, -0.2) is 96.3 Å². The number of methoxy groups -OCH3 is 1. The lowest BCUT2D eigenvalue weighted by molar-refractivity contribution is -0.141. The lowest BCUT2D eigenvalue weighted by Crippen LogP contribution is -2.51. The van der Waals surface area contributed by atoms with Gasteiger partial charge in [-0.1, -0.05) is 5.21 Å². The van der Waals surface area contributed by atoms with Gasteiger partial charge >= 0.3 is 12.1 Å². The number of carbonyl (C=O) groups excluding carboxylic acids is 4. The molecule has 3 aromatic rings. The van der Waals surface area contributed by atoms with E-state index in [9.17, 15) is 23.6 Å². The minimum Gasteiger partial charge on any atom is -0.469 e. The number of hydrogen-bond acceptors (Lipinski definition) is 9. The fourth-order valence-corrected chi connectivity index (χ4v) is 4.83. The molecule has 0 radical (unpaired) electrons. The maximum Gasteiger partial charge on any atom is 0.414 e. The van der Waals surface area contributed by atoms with Gasteiger partial charge in [-0.05, 0) is 48.9 Å². The van der Waals surface area contributed by atoms with Gasteiger partial charge in [0.05, 0.1) is 43.5 Å². The highest BCUT2D eigenvalue weighted by atomic mass is 19.1. The highest BCUT2D eigenvalue weighted by molar-refractivity contribution is 5.94. The quantitative estimate of drug-likeness (QED) is 0.367. The third-order valence-electron chi connectivity index (χ3n) is 7.21. The molecule has 226 valence electrons. The van der Waals surface area contributed by atoms with Gasteiger partial charge in [-0.2, -0.15) is 0 Å². The Labute approximate surface area is 244 Å². The fraction of sp³-hybridized carbons (Fsp3) is 0.357. The lowest BCUT2D eigenvalue weighted by atomic mass is 10.1. The number of halogens is 2. The van der Waals surface area contributed by atoms with Crippen molar-refractivity contribution in [1.82, 2.24) is 25.2 Å². The average molecular weight is 598 g/mol. The summed E-state index contributed by atoms with van der Waals surface area (Å²) in [5.74, 6) is -2.21. The van der Waals surface area contributed by atoms with Crippen LogP contribution in [0.3, 0.4) is 0 Å². The van der Waals surface area contributed by atoms with E-state index in [2.05, 4.69) is 20.4 Å². The number of aromatic nitrogens is 3. The molecule has 0 bridgehead atoms. The molecule has 0 aliphatic carbocycles. The fourth-order valence-electron chi connectivity index (χ4n) is 4.83. The van der Waals surface area contributed by atoms with Crippen molar-refractivity contribution in [2.75, 3.05) is 56.2 Å². The van der Waals surface area contributed by atoms with Gasteiger partial charge in [0.25, 0.3) is 5.91 Å². The van der Waals surface area contributed by atoms with E-state index in [0.717, 1.165) is 0 Å². The Hall–Kier alpha value is -5.08. The summed E-state index contributed by atoms with van der Waals surface area (Å²) < 4.78 is 39.5. The zero-order valence-corrected chi connectivity index (χ0v) is 23.2. The van der Waals surface area contributed by atoms with Crippen LogP contribution in [0.4, 0.5) is 25.0 Å². The van der Waals surface area contributed by atoms with E-state index < -0.39 is 35.7 Å². The van der Waals surface area contributed by atoms with Gasteiger partial charge in [-0.25, -0.2) is 18.3 Å². The SMILES string of the molecule is COC(=O)CC[C@H]1CN(c2ccc(N3CCN(C(=O)CNC(=O)c4cn(-c5ccc(F)cc5)nn4)CC3)c(F)c2)C(=O)O1. The molecular weight excluding hydrogens is 568 g/mol. The molecule has 2 aromatic carbocycles. The first-order chi connectivity index (χ1) is 20.7. The number of nitrogens with zero attached hydrogens (tertiary/aromatic N) is 6. The molecule has 15 heteroatoms. The Kier molecular flexibility index (Phi) is 8.78. The number of anilines is 2. The minimum absolute atomic E-state index is 0.000209. The van der Waals surface area contributed by atoms with Crippen molar-refractivity contribution in [2.24, 2.45) is 0 Å². The van der Waals surface area contributed by atoms with E-state index in [1.54, 1.807) is 21.9 Å². The molecule has 0 spiro atoms. The third kappa shape index (κ3) is 6.88. The smallest absolute Gasteiger partial charge is 0.414 e. The Morgan fingerprint density at radius 1 is 1.05 bits per heavy atom. The molecule has 1 aromatic heterocycles. The number of hydrogen-bond donors (Lipinski definition) is 1. The van der Waals surface area contributed by atoms with Gasteiger partial charge in [0.15, 0.2) is 5.69 Å². The van der Waals surface area contributed by atoms with Crippen LogP contribution in [-0.2, 0) is 19.1 Å². The van der Waals surface area contributed by atoms with E-state index in [-0.39, 0.29) is 31.1 Å². The zero-order chi connectivity index (χ0) is 30.5. The summed E-state index contributed by atoms with van der Waals surface area (Å²) >= 11 is 0. The number of amides is 3. The summed E-state index contributed by atoms with van der Waals surface area (Å²) in [6.07, 6.45) is 0.681. The van der Waals surface area contributed by atoms with Crippen molar-refractivity contribution < 1.29 is 37.4 Å². The highest BCUT2D eigenvalue weighted by Crippen LogP contribution is 2.29. The van der Waals surface area contributed by atoms with E-state index in [1.807, 2.05) is 0 Å². The van der Waals surface area contributed by atoms with E-state index in [1.165, 1.54) is 53.2 Å². The zero-order valence-electron chi connectivity index (χ0n) is 23.2. The van der Waals surface area contributed by atoms with Gasteiger partial charge in [-0.15, -0.1) is 5.10 Å². The number of rotatable bonds is 9. The molecule has 0 saturated carbocycles. The Morgan fingerprint density at radius 2 is 1.77 bits per heavy atom. The summed E-state index contributed by atoms with van der Waals surface area (Å²) in [4.78, 5) is 53.6. The summed E-state index contributed by atoms with van der Waals surface area (Å²) in [6.45, 7) is 1.30. The summed E-state index contributed by atoms with van der Waals surface area (Å²) in [5, 5.41) is 10.2. The standard InChI is InChI=1S/C28H29F2N7O6/c1-42-26(39)9-7-21-16-36(28(41)43-21)20-6-8-24(22(30)14-20)34-10-12-35(13-11-34)25(38)15-31-27(40)23-17-37(33-32-23)19-4-2-18(29)3-5-19/h2-6,8,14,17,21H,7,9-13,15-16H2,1H3,(H,31,40)/t21-/m0/s1. The predicted molar refractivity (Wildman–Crippen MR) is 148 cm³/mol. The Bertz CT molecular complexity index is 1510. The van der Waals surface area contributed by atoms with Crippen molar-refractivity contribution in [3.05, 3.63) is 66.0 Å². The van der Waals surface area contributed by atoms with E-state index in [0.29, 0.717) is 49.7 Å². The second-order valence-electron chi connectivity index (χ2n) is 9.94. The van der Waals surface area contributed by atoms with E-state index >= 15 is 4.39 Å². The molecule has 5 rings (SSSR count). The number of ether oxygens (including phenoxy) is 2. The summed E-state index contributed by atoms with van der Waals surface area (Å²) in [7, 11) is 1.28. The van der Waals surface area contributed by atoms with E-state index in [4.69, 9.17) is 4.74 Å². The predicted octanol–water partition coefficient (Wildman–Crippen LogP) is 1.90. The largest absolute Gasteiger partial charge is 0.469 e. The molecular formula is C28H29F2N7O6. The topological polar surface area (TPSA) is 139 Å². The first-order valence-corrected chi connectivity index (χ1v) is 13.6. The number of cyclic esters (lactones) is 1. The molecule has 2 fully saturated rings. The second kappa shape index (κ2) is 12.8. The Balaban J connectivity index is 1.09. The monoisotopic (exact) mass is 597 g/mol. The van der Waals surface area contributed by atoms with Crippen LogP contribution in [0.1, 0.15) is 23.3 Å². The van der Waals surface area contributed by atoms with Crippen LogP contribution < -0.4 is 15.1 Å². The molecule has 43 heavy (non-hydrogen) atoms. The number of piperazine rings is 1. The third-order valence-corrected chi connectivity index (χ3v) is 7.21. The Morgan fingerprint density at radius 3 is 2.47 bits per heavy atom. The maximum absolute atomic E-state index is 15.1. The maximum atomic E-state index is 15.1. The molecule has 13 nitrogen and oxygen atoms in total. The molecule has 2 aliphatic rings. The van der Waals surface area contributed by atoms with Crippen LogP contribution in [0.5, 0.6) is 0 Å². The van der Waals surface area contributed by atoms with Crippen LogP contribution >= 0.6 is 0 Å². The van der Waals surface area contributed by atoms with Gasteiger partial charge in [-0.3, -0.25) is 19.3 Å². The van der Waals surface area contributed by atoms with Gasteiger partial charge < -0.3 is 24.6 Å².